The number of aromatic nitrogens is 3. The third kappa shape index (κ3) is 3.82. The number of nitrogens with one attached hydrogen (secondary N) is 3. The van der Waals surface area contributed by atoms with Crippen molar-refractivity contribution in [3.63, 3.8) is 0 Å². The lowest BCUT2D eigenvalue weighted by atomic mass is 10.0. The molecule has 0 unspecified atom stereocenters. The number of phenolic OH excluding ortho intramolecular Hbond substituents is 1. The summed E-state index contributed by atoms with van der Waals surface area (Å²) >= 11 is 0. The number of phenols is 1. The summed E-state index contributed by atoms with van der Waals surface area (Å²) in [5.74, 6) is 1.06. The zero-order valence-electron chi connectivity index (χ0n) is 18.4. The molecule has 0 bridgehead atoms. The highest BCUT2D eigenvalue weighted by molar-refractivity contribution is 6.01. The number of fused-ring (bicyclic) bond motifs is 1. The molecule has 8 nitrogen and oxygen atoms in total. The fraction of sp³-hybridized carbons (Fsp3) is 0.208. The summed E-state index contributed by atoms with van der Waals surface area (Å²) in [4.78, 5) is 25.2. The fourth-order valence-corrected chi connectivity index (χ4v) is 3.73. The van der Waals surface area contributed by atoms with Gasteiger partial charge in [-0.05, 0) is 49.2 Å². The Morgan fingerprint density at radius 2 is 1.91 bits per heavy atom. The molecule has 4 aromatic rings. The molecule has 0 fully saturated rings. The second kappa shape index (κ2) is 8.58. The predicted molar refractivity (Wildman–Crippen MR) is 127 cm³/mol. The van der Waals surface area contributed by atoms with Crippen LogP contribution in [0.15, 0.2) is 47.4 Å². The molecule has 0 radical (unpaired) electrons. The van der Waals surface area contributed by atoms with Crippen molar-refractivity contribution < 1.29 is 9.84 Å². The van der Waals surface area contributed by atoms with Crippen molar-refractivity contribution in [3.8, 4) is 22.9 Å². The van der Waals surface area contributed by atoms with Crippen molar-refractivity contribution in [2.24, 2.45) is 0 Å². The normalized spacial score (nSPS) is 10.9. The monoisotopic (exact) mass is 431 g/mol. The van der Waals surface area contributed by atoms with Gasteiger partial charge in [-0.2, -0.15) is 0 Å². The Balaban J connectivity index is 1.94. The average Bonchev–Trinajstić information content (AvgIpc) is 2.80. The maximum atomic E-state index is 13.1. The van der Waals surface area contributed by atoms with Crippen LogP contribution >= 0.6 is 0 Å². The molecule has 0 atom stereocenters. The Bertz CT molecular complexity index is 1330. The quantitative estimate of drug-likeness (QED) is 0.365. The van der Waals surface area contributed by atoms with Gasteiger partial charge in [0.15, 0.2) is 0 Å². The molecule has 4 rings (SSSR count). The fourth-order valence-electron chi connectivity index (χ4n) is 3.73. The maximum Gasteiger partial charge on any atom is 0.262 e. The van der Waals surface area contributed by atoms with Gasteiger partial charge in [0.25, 0.3) is 5.56 Å². The highest BCUT2D eigenvalue weighted by Gasteiger charge is 2.19. The van der Waals surface area contributed by atoms with Crippen LogP contribution in [0.1, 0.15) is 16.8 Å². The van der Waals surface area contributed by atoms with Crippen LogP contribution in [0.4, 0.5) is 11.4 Å². The number of aromatic hydroxyl groups is 1. The van der Waals surface area contributed by atoms with Gasteiger partial charge in [-0.15, -0.1) is 0 Å². The third-order valence-corrected chi connectivity index (χ3v) is 5.37. The first-order valence-electron chi connectivity index (χ1n) is 10.2. The molecule has 0 saturated heterocycles. The van der Waals surface area contributed by atoms with Gasteiger partial charge in [-0.1, -0.05) is 6.07 Å². The minimum absolute atomic E-state index is 0.230. The first-order chi connectivity index (χ1) is 15.4. The van der Waals surface area contributed by atoms with Crippen molar-refractivity contribution >= 4 is 22.3 Å². The summed E-state index contributed by atoms with van der Waals surface area (Å²) in [5.41, 5.74) is 4.56. The highest BCUT2D eigenvalue weighted by Crippen LogP contribution is 2.37. The van der Waals surface area contributed by atoms with Gasteiger partial charge in [-0.25, -0.2) is 4.98 Å². The van der Waals surface area contributed by atoms with Gasteiger partial charge in [-0.3, -0.25) is 9.78 Å². The number of aryl methyl sites for hydroxylation is 2. The van der Waals surface area contributed by atoms with Crippen molar-refractivity contribution in [2.45, 2.75) is 20.4 Å². The number of hydrogen-bond donors (Lipinski definition) is 4. The molecule has 2 aromatic heterocycles. The molecule has 2 aromatic carbocycles. The van der Waals surface area contributed by atoms with Crippen LogP contribution < -0.4 is 20.9 Å². The molecule has 4 N–H and O–H groups in total. The lowest BCUT2D eigenvalue weighted by molar-refractivity contribution is 0.419. The lowest BCUT2D eigenvalue weighted by Crippen LogP contribution is -2.14. The molecule has 0 spiro atoms. The van der Waals surface area contributed by atoms with Gasteiger partial charge < -0.3 is 25.5 Å². The second-order valence-electron chi connectivity index (χ2n) is 7.52. The molecule has 8 heteroatoms. The van der Waals surface area contributed by atoms with Gasteiger partial charge in [0.05, 0.1) is 30.7 Å². The van der Waals surface area contributed by atoms with E-state index in [0.29, 0.717) is 51.4 Å². The predicted octanol–water partition coefficient (Wildman–Crippen LogP) is 3.97. The number of rotatable bonds is 6. The molecule has 0 amide bonds. The van der Waals surface area contributed by atoms with Crippen LogP contribution in [0.5, 0.6) is 11.5 Å². The Kier molecular flexibility index (Phi) is 5.68. The van der Waals surface area contributed by atoms with Crippen LogP contribution in [0.2, 0.25) is 0 Å². The molecule has 164 valence electrons. The number of pyridine rings is 1. The van der Waals surface area contributed by atoms with Crippen LogP contribution in [0, 0.1) is 13.8 Å². The SMILES string of the molecule is CNc1cc(OC)c2c(=O)[nH]c(-c3cc(C)c(O)c(C)c3)nc2c1NCc1ccccn1. The van der Waals surface area contributed by atoms with E-state index in [-0.39, 0.29) is 11.3 Å². The van der Waals surface area contributed by atoms with Crippen molar-refractivity contribution in [1.82, 2.24) is 15.0 Å². The molecule has 0 aliphatic rings. The van der Waals surface area contributed by atoms with Gasteiger partial charge in [0.1, 0.15) is 28.2 Å². The highest BCUT2D eigenvalue weighted by atomic mass is 16.5. The number of nitrogens with zero attached hydrogens (tertiary/aromatic N) is 2. The second-order valence-corrected chi connectivity index (χ2v) is 7.52. The van der Waals surface area contributed by atoms with E-state index >= 15 is 0 Å². The summed E-state index contributed by atoms with van der Waals surface area (Å²) < 4.78 is 5.49. The van der Waals surface area contributed by atoms with E-state index in [1.165, 1.54) is 7.11 Å². The number of hydrogen-bond acceptors (Lipinski definition) is 7. The molecule has 32 heavy (non-hydrogen) atoms. The maximum absolute atomic E-state index is 13.1. The summed E-state index contributed by atoms with van der Waals surface area (Å²) in [6.07, 6.45) is 1.73. The van der Waals surface area contributed by atoms with Crippen LogP contribution in [-0.4, -0.2) is 34.2 Å². The summed E-state index contributed by atoms with van der Waals surface area (Å²) in [6.45, 7) is 4.08. The van der Waals surface area contributed by atoms with E-state index < -0.39 is 0 Å². The van der Waals surface area contributed by atoms with Crippen LogP contribution in [-0.2, 0) is 6.54 Å². The first-order valence-corrected chi connectivity index (χ1v) is 10.2. The number of ether oxygens (including phenoxy) is 1. The molecular weight excluding hydrogens is 406 g/mol. The lowest BCUT2D eigenvalue weighted by Gasteiger charge is -2.17. The summed E-state index contributed by atoms with van der Waals surface area (Å²) in [6, 6.07) is 11.1. The van der Waals surface area contributed by atoms with Crippen LogP contribution in [0.3, 0.4) is 0 Å². The zero-order chi connectivity index (χ0) is 22.8. The zero-order valence-corrected chi connectivity index (χ0v) is 18.4. The average molecular weight is 431 g/mol. The number of benzene rings is 2. The van der Waals surface area contributed by atoms with E-state index in [1.807, 2.05) is 32.0 Å². The minimum atomic E-state index is -0.311. The molecule has 0 aliphatic carbocycles. The number of methoxy groups -OCH3 is 1. The topological polar surface area (TPSA) is 112 Å². The number of anilines is 2. The van der Waals surface area contributed by atoms with E-state index in [0.717, 1.165) is 11.4 Å². The largest absolute Gasteiger partial charge is 0.507 e. The van der Waals surface area contributed by atoms with E-state index in [2.05, 4.69) is 20.6 Å². The Morgan fingerprint density at radius 3 is 2.53 bits per heavy atom. The van der Waals surface area contributed by atoms with Crippen molar-refractivity contribution in [1.29, 1.82) is 0 Å². The van der Waals surface area contributed by atoms with E-state index in [9.17, 15) is 9.90 Å². The smallest absolute Gasteiger partial charge is 0.262 e. The molecule has 0 aliphatic heterocycles. The van der Waals surface area contributed by atoms with Crippen molar-refractivity contribution in [2.75, 3.05) is 24.8 Å². The molecular formula is C24H25N5O3. The van der Waals surface area contributed by atoms with Gasteiger partial charge >= 0.3 is 0 Å². The Hall–Kier alpha value is -4.07. The first kappa shape index (κ1) is 21.2. The minimum Gasteiger partial charge on any atom is -0.507 e. The summed E-state index contributed by atoms with van der Waals surface area (Å²) in [7, 11) is 3.32. The van der Waals surface area contributed by atoms with E-state index in [4.69, 9.17) is 9.72 Å². The Labute approximate surface area is 185 Å². The van der Waals surface area contributed by atoms with Crippen molar-refractivity contribution in [3.05, 3.63) is 69.8 Å². The van der Waals surface area contributed by atoms with Gasteiger partial charge in [0.2, 0.25) is 0 Å². The molecule has 2 heterocycles. The molecule has 0 saturated carbocycles. The number of H-pyrrole nitrogens is 1. The standard InChI is InChI=1S/C24H25N5O3/c1-13-9-15(10-14(2)22(13)30)23-28-21-19(24(31)29-23)18(32-4)11-17(25-3)20(21)27-12-16-7-5-6-8-26-16/h5-11,25,27,30H,12H2,1-4H3,(H,28,29,31). The summed E-state index contributed by atoms with van der Waals surface area (Å²) in [5, 5.41) is 17.0. The van der Waals surface area contributed by atoms with Crippen LogP contribution in [0.25, 0.3) is 22.3 Å². The third-order valence-electron chi connectivity index (χ3n) is 5.37. The van der Waals surface area contributed by atoms with Gasteiger partial charge in [0, 0.05) is 24.9 Å². The number of aromatic amines is 1. The Morgan fingerprint density at radius 1 is 1.16 bits per heavy atom. The van der Waals surface area contributed by atoms with E-state index in [1.54, 1.807) is 31.4 Å².